The Labute approximate surface area is 115 Å². The van der Waals surface area contributed by atoms with E-state index < -0.39 is 0 Å². The van der Waals surface area contributed by atoms with Crippen molar-refractivity contribution in [3.8, 4) is 0 Å². The van der Waals surface area contributed by atoms with Gasteiger partial charge < -0.3 is 14.6 Å². The number of fused-ring (bicyclic) bond motifs is 1. The molecule has 0 amide bonds. The van der Waals surface area contributed by atoms with Crippen molar-refractivity contribution in [1.29, 1.82) is 0 Å². The highest BCUT2D eigenvalue weighted by Crippen LogP contribution is 2.32. The molecule has 0 aliphatic carbocycles. The molecule has 0 saturated carbocycles. The number of likely N-dealkylation sites (tertiary alicyclic amines) is 1. The van der Waals surface area contributed by atoms with E-state index in [1.807, 2.05) is 6.20 Å². The van der Waals surface area contributed by atoms with Gasteiger partial charge in [-0.05, 0) is 46.1 Å². The van der Waals surface area contributed by atoms with Gasteiger partial charge in [0.05, 0.1) is 18.0 Å². The minimum atomic E-state index is -0.306. The fourth-order valence-electron chi connectivity index (χ4n) is 3.52. The van der Waals surface area contributed by atoms with Crippen molar-refractivity contribution in [1.82, 2.24) is 14.5 Å². The highest BCUT2D eigenvalue weighted by atomic mass is 16.3. The second-order valence-electron chi connectivity index (χ2n) is 6.28. The van der Waals surface area contributed by atoms with Crippen LogP contribution < -0.4 is 0 Å². The zero-order chi connectivity index (χ0) is 13.4. The number of aliphatic hydroxyl groups is 1. The smallest absolute Gasteiger partial charge is 0.113 e. The van der Waals surface area contributed by atoms with E-state index in [0.29, 0.717) is 12.0 Å². The zero-order valence-corrected chi connectivity index (χ0v) is 12.0. The molecular formula is C15H25N3O. The van der Waals surface area contributed by atoms with E-state index in [4.69, 9.17) is 0 Å². The molecule has 2 aliphatic rings. The Morgan fingerprint density at radius 1 is 1.26 bits per heavy atom. The Balaban J connectivity index is 1.82. The van der Waals surface area contributed by atoms with Crippen LogP contribution in [-0.4, -0.2) is 38.7 Å². The summed E-state index contributed by atoms with van der Waals surface area (Å²) in [6, 6.07) is 0.615. The molecule has 1 aromatic rings. The summed E-state index contributed by atoms with van der Waals surface area (Å²) in [6.07, 6.45) is 6.03. The number of hydrogen-bond donors (Lipinski definition) is 1. The molecule has 1 aromatic heterocycles. The van der Waals surface area contributed by atoms with Crippen molar-refractivity contribution < 1.29 is 5.11 Å². The van der Waals surface area contributed by atoms with Crippen molar-refractivity contribution in [2.24, 2.45) is 0 Å². The SMILES string of the molecule is CC(C)N1CCCC(c2ncc3n2CCCC3O)C1. The van der Waals surface area contributed by atoms with Crippen molar-refractivity contribution in [2.45, 2.75) is 64.1 Å². The first-order chi connectivity index (χ1) is 9.16. The average molecular weight is 263 g/mol. The molecule has 1 fully saturated rings. The van der Waals surface area contributed by atoms with E-state index >= 15 is 0 Å². The standard InChI is InChI=1S/C15H25N3O/c1-11(2)17-7-3-5-12(10-17)15-16-9-13-14(19)6-4-8-18(13)15/h9,11-12,14,19H,3-8,10H2,1-2H3. The number of piperidine rings is 1. The van der Waals surface area contributed by atoms with Crippen LogP contribution in [0.1, 0.15) is 63.1 Å². The Morgan fingerprint density at radius 3 is 2.84 bits per heavy atom. The van der Waals surface area contributed by atoms with E-state index in [-0.39, 0.29) is 6.10 Å². The molecule has 1 N–H and O–H groups in total. The van der Waals surface area contributed by atoms with Crippen molar-refractivity contribution in [2.75, 3.05) is 13.1 Å². The fraction of sp³-hybridized carbons (Fsp3) is 0.800. The molecule has 4 heteroatoms. The van der Waals surface area contributed by atoms with Gasteiger partial charge in [0.15, 0.2) is 0 Å². The number of nitrogens with zero attached hydrogens (tertiary/aromatic N) is 3. The lowest BCUT2D eigenvalue weighted by atomic mass is 9.95. The molecule has 3 rings (SSSR count). The molecule has 106 valence electrons. The number of aromatic nitrogens is 2. The fourth-order valence-corrected chi connectivity index (χ4v) is 3.52. The van der Waals surface area contributed by atoms with E-state index in [0.717, 1.165) is 31.6 Å². The topological polar surface area (TPSA) is 41.3 Å². The van der Waals surface area contributed by atoms with Crippen LogP contribution in [0, 0.1) is 0 Å². The third kappa shape index (κ3) is 2.43. The van der Waals surface area contributed by atoms with Crippen LogP contribution in [0.2, 0.25) is 0 Å². The van der Waals surface area contributed by atoms with Gasteiger partial charge in [0, 0.05) is 25.0 Å². The summed E-state index contributed by atoms with van der Waals surface area (Å²) in [5.41, 5.74) is 1.03. The molecule has 4 nitrogen and oxygen atoms in total. The van der Waals surface area contributed by atoms with E-state index in [1.54, 1.807) is 0 Å². The maximum Gasteiger partial charge on any atom is 0.113 e. The molecule has 19 heavy (non-hydrogen) atoms. The number of imidazole rings is 1. The summed E-state index contributed by atoms with van der Waals surface area (Å²) in [7, 11) is 0. The summed E-state index contributed by atoms with van der Waals surface area (Å²) in [4.78, 5) is 7.19. The predicted octanol–water partition coefficient (Wildman–Crippen LogP) is 2.30. The third-order valence-electron chi connectivity index (χ3n) is 4.67. The highest BCUT2D eigenvalue weighted by molar-refractivity contribution is 5.14. The van der Waals surface area contributed by atoms with Crippen molar-refractivity contribution >= 4 is 0 Å². The second kappa shape index (κ2) is 5.25. The van der Waals surface area contributed by atoms with Gasteiger partial charge in [0.1, 0.15) is 5.82 Å². The van der Waals surface area contributed by atoms with Gasteiger partial charge in [-0.25, -0.2) is 4.98 Å². The number of hydrogen-bond acceptors (Lipinski definition) is 3. The van der Waals surface area contributed by atoms with Gasteiger partial charge in [-0.1, -0.05) is 0 Å². The van der Waals surface area contributed by atoms with Crippen LogP contribution in [-0.2, 0) is 6.54 Å². The second-order valence-corrected chi connectivity index (χ2v) is 6.28. The Kier molecular flexibility index (Phi) is 3.63. The van der Waals surface area contributed by atoms with Gasteiger partial charge in [0.25, 0.3) is 0 Å². The predicted molar refractivity (Wildman–Crippen MR) is 75.1 cm³/mol. The molecule has 0 radical (unpaired) electrons. The van der Waals surface area contributed by atoms with Crippen LogP contribution in [0.15, 0.2) is 6.20 Å². The summed E-state index contributed by atoms with van der Waals surface area (Å²) < 4.78 is 2.28. The van der Waals surface area contributed by atoms with Crippen molar-refractivity contribution in [3.05, 3.63) is 17.7 Å². The van der Waals surface area contributed by atoms with Gasteiger partial charge in [-0.3, -0.25) is 0 Å². The molecule has 0 spiro atoms. The lowest BCUT2D eigenvalue weighted by molar-refractivity contribution is 0.134. The Bertz CT molecular complexity index is 441. The summed E-state index contributed by atoms with van der Waals surface area (Å²) in [5, 5.41) is 10.0. The molecule has 0 bridgehead atoms. The van der Waals surface area contributed by atoms with E-state index in [2.05, 4.69) is 28.3 Å². The molecular weight excluding hydrogens is 238 g/mol. The van der Waals surface area contributed by atoms with Crippen LogP contribution in [0.25, 0.3) is 0 Å². The van der Waals surface area contributed by atoms with Crippen LogP contribution in [0.3, 0.4) is 0 Å². The Morgan fingerprint density at radius 2 is 2.05 bits per heavy atom. The van der Waals surface area contributed by atoms with Crippen LogP contribution in [0.5, 0.6) is 0 Å². The van der Waals surface area contributed by atoms with Crippen LogP contribution in [0.4, 0.5) is 0 Å². The first-order valence-corrected chi connectivity index (χ1v) is 7.64. The average Bonchev–Trinajstić information content (AvgIpc) is 2.84. The largest absolute Gasteiger partial charge is 0.387 e. The molecule has 0 aromatic carbocycles. The quantitative estimate of drug-likeness (QED) is 0.890. The molecule has 2 aliphatic heterocycles. The van der Waals surface area contributed by atoms with Crippen LogP contribution >= 0.6 is 0 Å². The highest BCUT2D eigenvalue weighted by Gasteiger charge is 2.29. The number of aliphatic hydroxyl groups excluding tert-OH is 1. The third-order valence-corrected chi connectivity index (χ3v) is 4.67. The zero-order valence-electron chi connectivity index (χ0n) is 12.0. The van der Waals surface area contributed by atoms with Gasteiger partial charge in [-0.2, -0.15) is 0 Å². The lowest BCUT2D eigenvalue weighted by Gasteiger charge is -2.35. The maximum absolute atomic E-state index is 10.0. The van der Waals surface area contributed by atoms with Gasteiger partial charge >= 0.3 is 0 Å². The normalized spacial score (nSPS) is 28.6. The minimum absolute atomic E-state index is 0.306. The van der Waals surface area contributed by atoms with Gasteiger partial charge in [0.2, 0.25) is 0 Å². The first kappa shape index (κ1) is 13.1. The summed E-state index contributed by atoms with van der Waals surface area (Å²) in [6.45, 7) is 7.90. The summed E-state index contributed by atoms with van der Waals surface area (Å²) in [5.74, 6) is 1.74. The molecule has 2 unspecified atom stereocenters. The first-order valence-electron chi connectivity index (χ1n) is 7.64. The Hall–Kier alpha value is -0.870. The molecule has 3 heterocycles. The lowest BCUT2D eigenvalue weighted by Crippen LogP contribution is -2.40. The minimum Gasteiger partial charge on any atom is -0.387 e. The number of rotatable bonds is 2. The monoisotopic (exact) mass is 263 g/mol. The van der Waals surface area contributed by atoms with E-state index in [9.17, 15) is 5.11 Å². The summed E-state index contributed by atoms with van der Waals surface area (Å²) >= 11 is 0. The molecule has 2 atom stereocenters. The maximum atomic E-state index is 10.0. The van der Waals surface area contributed by atoms with Crippen molar-refractivity contribution in [3.63, 3.8) is 0 Å². The molecule has 1 saturated heterocycles. The van der Waals surface area contributed by atoms with Gasteiger partial charge in [-0.15, -0.1) is 0 Å². The van der Waals surface area contributed by atoms with E-state index in [1.165, 1.54) is 25.2 Å².